The second-order valence-corrected chi connectivity index (χ2v) is 12.6. The molecule has 0 aromatic carbocycles. The van der Waals surface area contributed by atoms with Gasteiger partial charge in [0.2, 0.25) is 5.09 Å². The highest BCUT2D eigenvalue weighted by molar-refractivity contribution is 7.91. The van der Waals surface area contributed by atoms with E-state index in [4.69, 9.17) is 4.42 Å². The Morgan fingerprint density at radius 1 is 1.14 bits per heavy atom. The van der Waals surface area contributed by atoms with Gasteiger partial charge in [0.1, 0.15) is 0 Å². The summed E-state index contributed by atoms with van der Waals surface area (Å²) in [4.78, 5) is 14.8. The quantitative estimate of drug-likeness (QED) is 0.682. The number of nitrogens with zero attached hydrogens (tertiary/aromatic N) is 1. The van der Waals surface area contributed by atoms with Gasteiger partial charge in [0.15, 0.2) is 15.6 Å². The van der Waals surface area contributed by atoms with Gasteiger partial charge >= 0.3 is 0 Å². The molecule has 0 bridgehead atoms. The van der Waals surface area contributed by atoms with Gasteiger partial charge in [0.25, 0.3) is 15.9 Å². The molecule has 11 heteroatoms. The number of hydrogen-bond donors (Lipinski definition) is 2. The first kappa shape index (κ1) is 22.3. The number of carbonyl (C=O) groups is 1. The molecule has 2 atom stereocenters. The molecule has 1 amide bonds. The van der Waals surface area contributed by atoms with Crippen molar-refractivity contribution < 1.29 is 26.0 Å². The van der Waals surface area contributed by atoms with Gasteiger partial charge < -0.3 is 9.73 Å². The Morgan fingerprint density at radius 3 is 2.41 bits per heavy atom. The van der Waals surface area contributed by atoms with E-state index in [1.165, 1.54) is 12.1 Å². The zero-order chi connectivity index (χ0) is 21.4. The highest BCUT2D eigenvalue weighted by atomic mass is 32.2. The van der Waals surface area contributed by atoms with Crippen LogP contribution in [0.4, 0.5) is 0 Å². The standard InChI is InChI=1S/C18H29N3O6S2/c1-18(2,3)20-29(25,26)16-8-7-15(27-16)17(22)19-13-11-28(23,24)12-14(13)21-9-5-4-6-10-21/h7-8,13-14,20H,4-6,9-12H2,1-3H3,(H,19,22). The van der Waals surface area contributed by atoms with Gasteiger partial charge in [0.05, 0.1) is 17.5 Å². The van der Waals surface area contributed by atoms with Crippen LogP contribution in [0, 0.1) is 0 Å². The molecule has 2 aliphatic heterocycles. The molecule has 1 aromatic heterocycles. The molecule has 2 fully saturated rings. The lowest BCUT2D eigenvalue weighted by Gasteiger charge is -2.34. The predicted molar refractivity (Wildman–Crippen MR) is 108 cm³/mol. The number of sulfonamides is 1. The Labute approximate surface area is 172 Å². The van der Waals surface area contributed by atoms with Crippen molar-refractivity contribution >= 4 is 25.8 Å². The van der Waals surface area contributed by atoms with Crippen LogP contribution in [0.15, 0.2) is 21.6 Å². The van der Waals surface area contributed by atoms with E-state index in [0.29, 0.717) is 0 Å². The molecule has 2 saturated heterocycles. The molecule has 0 radical (unpaired) electrons. The molecule has 0 saturated carbocycles. The van der Waals surface area contributed by atoms with Crippen molar-refractivity contribution in [2.45, 2.75) is 62.7 Å². The summed E-state index contributed by atoms with van der Waals surface area (Å²) in [5.41, 5.74) is -0.700. The van der Waals surface area contributed by atoms with Crippen LogP contribution in [0.2, 0.25) is 0 Å². The summed E-state index contributed by atoms with van der Waals surface area (Å²) < 4.78 is 56.8. The number of nitrogens with one attached hydrogen (secondary N) is 2. The van der Waals surface area contributed by atoms with Gasteiger partial charge in [-0.25, -0.2) is 21.6 Å². The van der Waals surface area contributed by atoms with Gasteiger partial charge in [0, 0.05) is 11.6 Å². The molecular formula is C18H29N3O6S2. The van der Waals surface area contributed by atoms with Gasteiger partial charge in [-0.2, -0.15) is 0 Å². The van der Waals surface area contributed by atoms with E-state index in [1.54, 1.807) is 20.8 Å². The molecule has 0 aliphatic carbocycles. The van der Waals surface area contributed by atoms with Gasteiger partial charge in [-0.05, 0) is 58.8 Å². The zero-order valence-electron chi connectivity index (χ0n) is 17.0. The summed E-state index contributed by atoms with van der Waals surface area (Å²) in [6.07, 6.45) is 3.15. The second kappa shape index (κ2) is 8.01. The van der Waals surface area contributed by atoms with Crippen LogP contribution < -0.4 is 10.0 Å². The lowest BCUT2D eigenvalue weighted by molar-refractivity contribution is 0.0867. The first-order valence-corrected chi connectivity index (χ1v) is 13.1. The lowest BCUT2D eigenvalue weighted by atomic mass is 10.0. The molecule has 2 aliphatic rings. The summed E-state index contributed by atoms with van der Waals surface area (Å²) >= 11 is 0. The summed E-state index contributed by atoms with van der Waals surface area (Å²) in [5.74, 6) is -0.893. The van der Waals surface area contributed by atoms with Crippen molar-refractivity contribution in [2.75, 3.05) is 24.6 Å². The fourth-order valence-electron chi connectivity index (χ4n) is 3.86. The van der Waals surface area contributed by atoms with E-state index in [-0.39, 0.29) is 28.4 Å². The third-order valence-corrected chi connectivity index (χ3v) is 8.36. The van der Waals surface area contributed by atoms with E-state index in [9.17, 15) is 21.6 Å². The Bertz CT molecular complexity index is 956. The summed E-state index contributed by atoms with van der Waals surface area (Å²) in [5, 5.41) is 2.39. The first-order valence-electron chi connectivity index (χ1n) is 9.75. The molecule has 1 aromatic rings. The van der Waals surface area contributed by atoms with Crippen LogP contribution in [0.3, 0.4) is 0 Å². The Balaban J connectivity index is 1.73. The number of amides is 1. The van der Waals surface area contributed by atoms with E-state index in [1.807, 2.05) is 0 Å². The minimum absolute atomic E-state index is 0.0191. The normalized spacial score (nSPS) is 25.8. The zero-order valence-corrected chi connectivity index (χ0v) is 18.6. The third-order valence-electron chi connectivity index (χ3n) is 5.01. The van der Waals surface area contributed by atoms with Crippen molar-refractivity contribution in [1.29, 1.82) is 0 Å². The van der Waals surface area contributed by atoms with Crippen LogP contribution in [-0.2, 0) is 19.9 Å². The number of piperidine rings is 1. The molecule has 164 valence electrons. The number of furan rings is 1. The van der Waals surface area contributed by atoms with Gasteiger partial charge in [-0.3, -0.25) is 9.69 Å². The molecule has 9 nitrogen and oxygen atoms in total. The highest BCUT2D eigenvalue weighted by Gasteiger charge is 2.42. The molecule has 3 heterocycles. The van der Waals surface area contributed by atoms with E-state index >= 15 is 0 Å². The van der Waals surface area contributed by atoms with Crippen molar-refractivity contribution in [1.82, 2.24) is 14.9 Å². The minimum atomic E-state index is -3.91. The Kier molecular flexibility index (Phi) is 6.15. The van der Waals surface area contributed by atoms with Crippen LogP contribution in [-0.4, -0.2) is 69.9 Å². The lowest BCUT2D eigenvalue weighted by Crippen LogP contribution is -2.52. The van der Waals surface area contributed by atoms with Crippen LogP contribution >= 0.6 is 0 Å². The maximum atomic E-state index is 12.6. The fraction of sp³-hybridized carbons (Fsp3) is 0.722. The third kappa shape index (κ3) is 5.59. The van der Waals surface area contributed by atoms with Crippen LogP contribution in [0.1, 0.15) is 50.6 Å². The smallest absolute Gasteiger partial charge is 0.287 e. The second-order valence-electron chi connectivity index (χ2n) is 8.80. The molecular weight excluding hydrogens is 418 g/mol. The van der Waals surface area contributed by atoms with Crippen molar-refractivity contribution in [3.8, 4) is 0 Å². The SMILES string of the molecule is CC(C)(C)NS(=O)(=O)c1ccc(C(=O)NC2CS(=O)(=O)CC2N2CCCCC2)o1. The molecule has 29 heavy (non-hydrogen) atoms. The summed E-state index contributed by atoms with van der Waals surface area (Å²) in [6.45, 7) is 6.72. The summed E-state index contributed by atoms with van der Waals surface area (Å²) in [6, 6.07) is 1.68. The molecule has 3 rings (SSSR count). The average Bonchev–Trinajstić information content (AvgIpc) is 3.19. The number of carbonyl (C=O) groups excluding carboxylic acids is 1. The van der Waals surface area contributed by atoms with Gasteiger partial charge in [-0.15, -0.1) is 0 Å². The Hall–Kier alpha value is -1.43. The monoisotopic (exact) mass is 447 g/mol. The van der Waals surface area contributed by atoms with E-state index < -0.39 is 37.3 Å². The van der Waals surface area contributed by atoms with E-state index in [0.717, 1.165) is 32.4 Å². The predicted octanol–water partition coefficient (Wildman–Crippen LogP) is 0.738. The van der Waals surface area contributed by atoms with Crippen molar-refractivity contribution in [2.24, 2.45) is 0 Å². The largest absolute Gasteiger partial charge is 0.438 e. The number of likely N-dealkylation sites (tertiary alicyclic amines) is 1. The van der Waals surface area contributed by atoms with Crippen molar-refractivity contribution in [3.63, 3.8) is 0 Å². The first-order chi connectivity index (χ1) is 13.4. The average molecular weight is 448 g/mol. The molecule has 2 unspecified atom stereocenters. The number of sulfone groups is 1. The Morgan fingerprint density at radius 2 is 1.79 bits per heavy atom. The van der Waals surface area contributed by atoms with Crippen molar-refractivity contribution in [3.05, 3.63) is 17.9 Å². The number of hydrogen-bond acceptors (Lipinski definition) is 7. The fourth-order valence-corrected chi connectivity index (χ4v) is 7.16. The minimum Gasteiger partial charge on any atom is -0.438 e. The van der Waals surface area contributed by atoms with Crippen LogP contribution in [0.25, 0.3) is 0 Å². The maximum Gasteiger partial charge on any atom is 0.287 e. The van der Waals surface area contributed by atoms with Gasteiger partial charge in [-0.1, -0.05) is 6.42 Å². The maximum absolute atomic E-state index is 12.6. The van der Waals surface area contributed by atoms with Crippen LogP contribution in [0.5, 0.6) is 0 Å². The highest BCUT2D eigenvalue weighted by Crippen LogP contribution is 2.23. The molecule has 0 spiro atoms. The topological polar surface area (TPSA) is 126 Å². The number of rotatable bonds is 5. The van der Waals surface area contributed by atoms with E-state index in [2.05, 4.69) is 14.9 Å². The molecule has 2 N–H and O–H groups in total. The summed E-state index contributed by atoms with van der Waals surface area (Å²) in [7, 11) is -7.16.